The minimum atomic E-state index is -3.04. The van der Waals surface area contributed by atoms with Crippen LogP contribution in [0.5, 0.6) is 0 Å². The largest absolute Gasteiger partial charge is 0.338 e. The molecule has 0 atom stereocenters. The topological polar surface area (TPSA) is 78.5 Å². The Morgan fingerprint density at radius 1 is 1.42 bits per heavy atom. The average Bonchev–Trinajstić information content (AvgIpc) is 1.94. The Bertz CT molecular complexity index is 152. The number of nitrogens with one attached hydrogen (secondary N) is 1. The summed E-state index contributed by atoms with van der Waals surface area (Å²) in [5, 5.41) is 3.11. The zero-order valence-electron chi connectivity index (χ0n) is 6.77. The molecule has 0 unspecified atom stereocenters. The monoisotopic (exact) mass is 230 g/mol. The standard InChI is InChI=1S/C5H15N2O2PS2/c6-2-1-3-7-4-5-12-10(8,9)11/h7H,1-6H2,(H2,8,9,11). The second-order valence-corrected chi connectivity index (χ2v) is 8.39. The molecule has 0 bridgehead atoms. The van der Waals surface area contributed by atoms with E-state index in [-0.39, 0.29) is 0 Å². The van der Waals surface area contributed by atoms with Crippen LogP contribution in [0.15, 0.2) is 0 Å². The van der Waals surface area contributed by atoms with Gasteiger partial charge in [-0.05, 0) is 31.3 Å². The minimum Gasteiger partial charge on any atom is -0.338 e. The van der Waals surface area contributed by atoms with Crippen LogP contribution in [0, 0.1) is 0 Å². The van der Waals surface area contributed by atoms with Gasteiger partial charge in [-0.2, -0.15) is 0 Å². The van der Waals surface area contributed by atoms with Crippen molar-refractivity contribution in [3.05, 3.63) is 0 Å². The first-order valence-corrected chi connectivity index (χ1v) is 7.97. The molecule has 0 aliphatic carbocycles. The molecule has 0 radical (unpaired) electrons. The van der Waals surface area contributed by atoms with Crippen LogP contribution in [0.3, 0.4) is 0 Å². The quantitative estimate of drug-likeness (QED) is 0.360. The maximum absolute atomic E-state index is 8.82. The van der Waals surface area contributed by atoms with Crippen LogP contribution in [0.25, 0.3) is 0 Å². The molecule has 0 rings (SSSR count). The Morgan fingerprint density at radius 3 is 2.58 bits per heavy atom. The predicted octanol–water partition coefficient (Wildman–Crippen LogP) is -0.133. The number of hydrogen-bond donors (Lipinski definition) is 4. The molecule has 0 saturated carbocycles. The van der Waals surface area contributed by atoms with Crippen LogP contribution in [0.4, 0.5) is 0 Å². The molecule has 0 aliphatic heterocycles. The molecule has 0 aliphatic rings. The summed E-state index contributed by atoms with van der Waals surface area (Å²) in [5.41, 5.74) is 2.24. The maximum Gasteiger partial charge on any atom is 0.242 e. The van der Waals surface area contributed by atoms with Crippen molar-refractivity contribution in [3.63, 3.8) is 0 Å². The van der Waals surface area contributed by atoms with E-state index >= 15 is 0 Å². The normalized spacial score (nSPS) is 11.9. The van der Waals surface area contributed by atoms with Crippen LogP contribution in [-0.4, -0.2) is 35.2 Å². The molecule has 74 valence electrons. The molecule has 7 heteroatoms. The molecule has 0 aromatic rings. The van der Waals surface area contributed by atoms with Crippen molar-refractivity contribution >= 4 is 28.9 Å². The highest BCUT2D eigenvalue weighted by molar-refractivity contribution is 8.67. The van der Waals surface area contributed by atoms with Gasteiger partial charge >= 0.3 is 0 Å². The summed E-state index contributed by atoms with van der Waals surface area (Å²) in [6.45, 7) is 2.29. The third-order valence-electron chi connectivity index (χ3n) is 1.10. The molecular weight excluding hydrogens is 215 g/mol. The summed E-state index contributed by atoms with van der Waals surface area (Å²) >= 11 is 5.46. The van der Waals surface area contributed by atoms with Gasteiger partial charge in [0.2, 0.25) is 5.69 Å². The highest BCUT2D eigenvalue weighted by atomic mass is 32.9. The van der Waals surface area contributed by atoms with Gasteiger partial charge in [0.1, 0.15) is 0 Å². The zero-order chi connectivity index (χ0) is 9.45. The number of hydrogen-bond acceptors (Lipinski definition) is 4. The van der Waals surface area contributed by atoms with E-state index < -0.39 is 5.69 Å². The minimum absolute atomic E-state index is 0.634. The third-order valence-corrected chi connectivity index (χ3v) is 4.32. The molecule has 0 saturated heterocycles. The molecule has 4 nitrogen and oxygen atoms in total. The zero-order valence-corrected chi connectivity index (χ0v) is 9.30. The van der Waals surface area contributed by atoms with Crippen LogP contribution in [-0.2, 0) is 11.8 Å². The van der Waals surface area contributed by atoms with Crippen molar-refractivity contribution < 1.29 is 9.79 Å². The van der Waals surface area contributed by atoms with E-state index in [2.05, 4.69) is 17.1 Å². The highest BCUT2D eigenvalue weighted by Gasteiger charge is 2.05. The van der Waals surface area contributed by atoms with E-state index in [1.54, 1.807) is 0 Å². The first kappa shape index (κ1) is 12.8. The molecule has 5 N–H and O–H groups in total. The Morgan fingerprint density at radius 2 is 2.08 bits per heavy atom. The fourth-order valence-corrected chi connectivity index (χ4v) is 2.72. The van der Waals surface area contributed by atoms with E-state index in [0.717, 1.165) is 30.9 Å². The Balaban J connectivity index is 3.06. The van der Waals surface area contributed by atoms with Crippen molar-refractivity contribution in [1.82, 2.24) is 5.32 Å². The molecule has 0 fully saturated rings. The highest BCUT2D eigenvalue weighted by Crippen LogP contribution is 2.50. The second-order valence-electron chi connectivity index (χ2n) is 2.22. The lowest BCUT2D eigenvalue weighted by Crippen LogP contribution is -2.20. The molecule has 0 spiro atoms. The van der Waals surface area contributed by atoms with Gasteiger partial charge in [0, 0.05) is 12.3 Å². The molecule has 12 heavy (non-hydrogen) atoms. The lowest BCUT2D eigenvalue weighted by Gasteiger charge is -2.06. The summed E-state index contributed by atoms with van der Waals surface area (Å²) in [4.78, 5) is 17.6. The third kappa shape index (κ3) is 10.8. The van der Waals surface area contributed by atoms with Gasteiger partial charge in [-0.3, -0.25) is 0 Å². The van der Waals surface area contributed by atoms with Crippen molar-refractivity contribution in [2.75, 3.05) is 25.4 Å². The van der Waals surface area contributed by atoms with Gasteiger partial charge in [0.25, 0.3) is 0 Å². The lowest BCUT2D eigenvalue weighted by molar-refractivity contribution is 0.502. The van der Waals surface area contributed by atoms with Crippen LogP contribution < -0.4 is 11.1 Å². The molecular formula is C5H15N2O2PS2. The molecule has 0 amide bonds. The van der Waals surface area contributed by atoms with Crippen LogP contribution >= 0.6 is 17.1 Å². The van der Waals surface area contributed by atoms with E-state index in [4.69, 9.17) is 15.5 Å². The summed E-state index contributed by atoms with van der Waals surface area (Å²) in [7, 11) is 0. The van der Waals surface area contributed by atoms with Crippen molar-refractivity contribution in [2.45, 2.75) is 6.42 Å². The van der Waals surface area contributed by atoms with E-state index in [1.165, 1.54) is 0 Å². The van der Waals surface area contributed by atoms with Gasteiger partial charge < -0.3 is 20.8 Å². The van der Waals surface area contributed by atoms with E-state index in [9.17, 15) is 0 Å². The Kier molecular flexibility index (Phi) is 7.77. The molecule has 0 heterocycles. The fraction of sp³-hybridized carbons (Fsp3) is 1.00. The first-order valence-electron chi connectivity index (χ1n) is 3.67. The van der Waals surface area contributed by atoms with Crippen molar-refractivity contribution in [3.8, 4) is 0 Å². The van der Waals surface area contributed by atoms with Crippen molar-refractivity contribution in [2.24, 2.45) is 5.73 Å². The fourth-order valence-electron chi connectivity index (χ4n) is 0.589. The van der Waals surface area contributed by atoms with E-state index in [0.29, 0.717) is 12.3 Å². The maximum atomic E-state index is 8.82. The van der Waals surface area contributed by atoms with Crippen molar-refractivity contribution in [1.29, 1.82) is 0 Å². The Labute approximate surface area is 81.8 Å². The van der Waals surface area contributed by atoms with Gasteiger partial charge in [-0.1, -0.05) is 11.4 Å². The van der Waals surface area contributed by atoms with Gasteiger partial charge in [0.15, 0.2) is 0 Å². The smallest absolute Gasteiger partial charge is 0.242 e. The first-order chi connectivity index (χ1) is 5.56. The van der Waals surface area contributed by atoms with Gasteiger partial charge in [-0.15, -0.1) is 0 Å². The number of rotatable bonds is 7. The van der Waals surface area contributed by atoms with Gasteiger partial charge in [0.05, 0.1) is 0 Å². The summed E-state index contributed by atoms with van der Waals surface area (Å²) < 4.78 is 0. The average molecular weight is 230 g/mol. The molecule has 0 aromatic carbocycles. The summed E-state index contributed by atoms with van der Waals surface area (Å²) in [6, 6.07) is 0. The summed E-state index contributed by atoms with van der Waals surface area (Å²) in [5.74, 6) is 0.634. The lowest BCUT2D eigenvalue weighted by atomic mass is 10.4. The predicted molar refractivity (Wildman–Crippen MR) is 57.7 cm³/mol. The Hall–Kier alpha value is 0.840. The van der Waals surface area contributed by atoms with Crippen LogP contribution in [0.2, 0.25) is 0 Å². The second kappa shape index (κ2) is 7.26. The molecule has 0 aromatic heterocycles. The van der Waals surface area contributed by atoms with E-state index in [1.807, 2.05) is 0 Å². The van der Waals surface area contributed by atoms with Gasteiger partial charge in [-0.25, -0.2) is 0 Å². The number of nitrogens with two attached hydrogens (primary N) is 1. The summed E-state index contributed by atoms with van der Waals surface area (Å²) in [6.07, 6.45) is 0.942. The SMILES string of the molecule is NCCCNCCSP(O)(O)=S. The van der Waals surface area contributed by atoms with Crippen LogP contribution in [0.1, 0.15) is 6.42 Å².